The van der Waals surface area contributed by atoms with E-state index in [1.54, 1.807) is 42.6 Å². The maximum absolute atomic E-state index is 13.0. The summed E-state index contributed by atoms with van der Waals surface area (Å²) < 4.78 is 50.7. The number of hydrogen-bond acceptors (Lipinski definition) is 4. The van der Waals surface area contributed by atoms with Crippen LogP contribution >= 0.6 is 0 Å². The van der Waals surface area contributed by atoms with Gasteiger partial charge < -0.3 is 14.6 Å². The Morgan fingerprint density at radius 3 is 2.38 bits per heavy atom. The van der Waals surface area contributed by atoms with Crippen molar-refractivity contribution in [3.05, 3.63) is 95.3 Å². The molecule has 1 heterocycles. The normalized spacial score (nSPS) is 11.5. The van der Waals surface area contributed by atoms with Crippen LogP contribution in [0.1, 0.15) is 46.9 Å². The third kappa shape index (κ3) is 5.94. The predicted octanol–water partition coefficient (Wildman–Crippen LogP) is 7.15. The number of hydrogen-bond donors (Lipinski definition) is 1. The number of carboxylic acid groups (broad SMARTS) is 1. The lowest BCUT2D eigenvalue weighted by atomic mass is 9.99. The number of aryl methyl sites for hydroxylation is 1. The number of para-hydroxylation sites is 2. The van der Waals surface area contributed by atoms with Crippen molar-refractivity contribution in [1.82, 2.24) is 9.78 Å². The zero-order chi connectivity index (χ0) is 26.7. The van der Waals surface area contributed by atoms with Crippen LogP contribution in [-0.4, -0.2) is 27.2 Å². The van der Waals surface area contributed by atoms with Gasteiger partial charge in [-0.3, -0.25) is 0 Å². The molecule has 3 aromatic carbocycles. The van der Waals surface area contributed by atoms with Gasteiger partial charge in [-0.25, -0.2) is 9.48 Å². The lowest BCUT2D eigenvalue weighted by molar-refractivity contribution is -0.274. The molecule has 0 aliphatic heterocycles. The zero-order valence-electron chi connectivity index (χ0n) is 20.4. The molecule has 0 saturated heterocycles. The van der Waals surface area contributed by atoms with Gasteiger partial charge in [0.25, 0.3) is 0 Å². The molecule has 0 aliphatic rings. The molecule has 1 aromatic heterocycles. The van der Waals surface area contributed by atoms with Crippen molar-refractivity contribution in [3.8, 4) is 28.3 Å². The van der Waals surface area contributed by atoms with E-state index in [2.05, 4.69) is 9.84 Å². The topological polar surface area (TPSA) is 73.6 Å². The lowest BCUT2D eigenvalue weighted by Gasteiger charge is -2.17. The van der Waals surface area contributed by atoms with Gasteiger partial charge in [-0.05, 0) is 71.5 Å². The summed E-state index contributed by atoms with van der Waals surface area (Å²) in [6, 6.07) is 18.0. The van der Waals surface area contributed by atoms with E-state index in [4.69, 9.17) is 9.84 Å². The molecule has 4 aromatic rings. The average molecular weight is 511 g/mol. The minimum absolute atomic E-state index is 0.0564. The third-order valence-corrected chi connectivity index (χ3v) is 5.86. The molecule has 6 nitrogen and oxygen atoms in total. The van der Waals surface area contributed by atoms with Crippen molar-refractivity contribution in [2.24, 2.45) is 0 Å². The Morgan fingerprint density at radius 1 is 1.05 bits per heavy atom. The molecule has 0 amide bonds. The van der Waals surface area contributed by atoms with Crippen molar-refractivity contribution < 1.29 is 32.5 Å². The molecule has 37 heavy (non-hydrogen) atoms. The Hall–Kier alpha value is -4.27. The van der Waals surface area contributed by atoms with Gasteiger partial charge in [-0.1, -0.05) is 44.2 Å². The molecule has 0 radical (unpaired) electrons. The van der Waals surface area contributed by atoms with Crippen LogP contribution in [0.2, 0.25) is 0 Å². The number of aromatic nitrogens is 2. The minimum Gasteiger partial charge on any atom is -0.487 e. The van der Waals surface area contributed by atoms with Crippen molar-refractivity contribution in [3.63, 3.8) is 0 Å². The molecule has 4 rings (SSSR count). The van der Waals surface area contributed by atoms with Crippen LogP contribution in [0, 0.1) is 6.92 Å². The fourth-order valence-electron chi connectivity index (χ4n) is 4.06. The third-order valence-electron chi connectivity index (χ3n) is 5.86. The van der Waals surface area contributed by atoms with Crippen molar-refractivity contribution in [1.29, 1.82) is 0 Å². The fraction of sp³-hybridized carbons (Fsp3) is 0.214. The quantitative estimate of drug-likeness (QED) is 0.273. The first kappa shape index (κ1) is 25.8. The van der Waals surface area contributed by atoms with Crippen LogP contribution in [0.3, 0.4) is 0 Å². The summed E-state index contributed by atoms with van der Waals surface area (Å²) in [6.07, 6.45) is -3.21. The Bertz CT molecular complexity index is 1410. The number of carbonyl (C=O) groups is 1. The van der Waals surface area contributed by atoms with E-state index in [9.17, 15) is 18.0 Å². The summed E-state index contributed by atoms with van der Waals surface area (Å²) in [5.41, 5.74) is 4.53. The van der Waals surface area contributed by atoms with Crippen molar-refractivity contribution in [2.45, 2.75) is 39.7 Å². The van der Waals surface area contributed by atoms with E-state index in [1.807, 2.05) is 32.9 Å². The lowest BCUT2D eigenvalue weighted by Crippen LogP contribution is -2.19. The molecule has 0 atom stereocenters. The maximum Gasteiger partial charge on any atom is 0.573 e. The molecule has 192 valence electrons. The molecule has 0 spiro atoms. The first-order valence-corrected chi connectivity index (χ1v) is 11.5. The van der Waals surface area contributed by atoms with Crippen LogP contribution in [-0.2, 0) is 6.61 Å². The molecule has 9 heteroatoms. The summed E-state index contributed by atoms with van der Waals surface area (Å²) in [7, 11) is 0. The molecule has 1 N–H and O–H groups in total. The Kier molecular flexibility index (Phi) is 7.24. The van der Waals surface area contributed by atoms with Crippen LogP contribution in [0.15, 0.2) is 72.9 Å². The van der Waals surface area contributed by atoms with Crippen molar-refractivity contribution >= 4 is 5.97 Å². The molecule has 0 fully saturated rings. The second-order valence-corrected chi connectivity index (χ2v) is 8.78. The van der Waals surface area contributed by atoms with E-state index in [0.717, 1.165) is 22.3 Å². The summed E-state index contributed by atoms with van der Waals surface area (Å²) in [4.78, 5) is 11.1. The Morgan fingerprint density at radius 2 is 1.76 bits per heavy atom. The van der Waals surface area contributed by atoms with Gasteiger partial charge in [0.15, 0.2) is 5.75 Å². The van der Waals surface area contributed by atoms with Gasteiger partial charge in [-0.15, -0.1) is 13.2 Å². The second kappa shape index (κ2) is 10.4. The summed E-state index contributed by atoms with van der Waals surface area (Å²) in [5, 5.41) is 13.5. The SMILES string of the molecule is Cc1cc(OCc2c(C(C)C)cnn2-c2ccccc2OC(F)(F)F)ccc1-c1ccc(C(=O)O)cc1. The standard InChI is InChI=1S/C28H25F3N2O4/c1-17(2)23-15-32-33(24-6-4-5-7-26(24)37-28(29,30)31)25(23)16-36-21-12-13-22(18(3)14-21)19-8-10-20(11-9-19)27(34)35/h4-15,17H,16H2,1-3H3,(H,34,35). The van der Waals surface area contributed by atoms with Crippen molar-refractivity contribution in [2.75, 3.05) is 0 Å². The first-order valence-electron chi connectivity index (χ1n) is 11.5. The smallest absolute Gasteiger partial charge is 0.487 e. The highest BCUT2D eigenvalue weighted by Crippen LogP contribution is 2.32. The minimum atomic E-state index is -4.84. The van der Waals surface area contributed by atoms with E-state index in [1.165, 1.54) is 22.9 Å². The number of carboxylic acids is 1. The number of nitrogens with zero attached hydrogens (tertiary/aromatic N) is 2. The van der Waals surface area contributed by atoms with Crippen LogP contribution in [0.5, 0.6) is 11.5 Å². The predicted molar refractivity (Wildman–Crippen MR) is 132 cm³/mol. The highest BCUT2D eigenvalue weighted by Gasteiger charge is 2.32. The van der Waals surface area contributed by atoms with Gasteiger partial charge in [0, 0.05) is 0 Å². The molecule has 0 aliphatic carbocycles. The van der Waals surface area contributed by atoms with Crippen LogP contribution in [0.4, 0.5) is 13.2 Å². The zero-order valence-corrected chi connectivity index (χ0v) is 20.4. The first-order chi connectivity index (χ1) is 17.5. The average Bonchev–Trinajstić information content (AvgIpc) is 3.26. The maximum atomic E-state index is 13.0. The number of aromatic carboxylic acids is 1. The highest BCUT2D eigenvalue weighted by molar-refractivity contribution is 5.88. The van der Waals surface area contributed by atoms with Crippen LogP contribution < -0.4 is 9.47 Å². The molecule has 0 bridgehead atoms. The summed E-state index contributed by atoms with van der Waals surface area (Å²) in [5.74, 6) is -0.713. The van der Waals surface area contributed by atoms with Gasteiger partial charge in [0.05, 0.1) is 17.5 Å². The van der Waals surface area contributed by atoms with Gasteiger partial charge in [0.1, 0.15) is 18.0 Å². The Balaban J connectivity index is 1.61. The van der Waals surface area contributed by atoms with Gasteiger partial charge in [-0.2, -0.15) is 5.10 Å². The van der Waals surface area contributed by atoms with E-state index in [0.29, 0.717) is 11.4 Å². The highest BCUT2D eigenvalue weighted by atomic mass is 19.4. The molecular weight excluding hydrogens is 485 g/mol. The number of alkyl halides is 3. The molecule has 0 saturated carbocycles. The van der Waals surface area contributed by atoms with Gasteiger partial charge >= 0.3 is 12.3 Å². The summed E-state index contributed by atoms with van der Waals surface area (Å²) in [6.45, 7) is 5.93. The number of rotatable bonds is 8. The van der Waals surface area contributed by atoms with Crippen LogP contribution in [0.25, 0.3) is 16.8 Å². The second-order valence-electron chi connectivity index (χ2n) is 8.78. The van der Waals surface area contributed by atoms with Gasteiger partial charge in [0.2, 0.25) is 0 Å². The van der Waals surface area contributed by atoms with E-state index >= 15 is 0 Å². The Labute approximate surface area is 211 Å². The molecular formula is C28H25F3N2O4. The largest absolute Gasteiger partial charge is 0.573 e. The number of ether oxygens (including phenoxy) is 2. The van der Waals surface area contributed by atoms with E-state index in [-0.39, 0.29) is 29.5 Å². The summed E-state index contributed by atoms with van der Waals surface area (Å²) >= 11 is 0. The number of halogens is 3. The van der Waals surface area contributed by atoms with E-state index < -0.39 is 12.3 Å². The fourth-order valence-corrected chi connectivity index (χ4v) is 4.06. The number of benzene rings is 3. The molecule has 0 unspecified atom stereocenters. The monoisotopic (exact) mass is 510 g/mol.